The lowest BCUT2D eigenvalue weighted by Gasteiger charge is -2.40. The van der Waals surface area contributed by atoms with Crippen LogP contribution in [0.1, 0.15) is 46.0 Å². The van der Waals surface area contributed by atoms with Gasteiger partial charge >= 0.3 is 0 Å². The van der Waals surface area contributed by atoms with E-state index in [2.05, 4.69) is 6.92 Å². The van der Waals surface area contributed by atoms with Gasteiger partial charge in [-0.3, -0.25) is 4.79 Å². The van der Waals surface area contributed by atoms with Crippen LogP contribution in [0.4, 0.5) is 5.69 Å². The quantitative estimate of drug-likeness (QED) is 0.785. The Hall–Kier alpha value is -1.55. The van der Waals surface area contributed by atoms with Crippen LogP contribution < -0.4 is 9.64 Å². The number of benzene rings is 1. The molecule has 1 aliphatic rings. The maximum absolute atomic E-state index is 12.8. The lowest BCUT2D eigenvalue weighted by atomic mass is 9.97. The third-order valence-corrected chi connectivity index (χ3v) is 4.01. The van der Waals surface area contributed by atoms with Crippen molar-refractivity contribution in [3.8, 4) is 5.75 Å². The average Bonchev–Trinajstić information content (AvgIpc) is 2.47. The minimum absolute atomic E-state index is 0.0493. The van der Waals surface area contributed by atoms with E-state index in [1.807, 2.05) is 29.2 Å². The summed E-state index contributed by atoms with van der Waals surface area (Å²) in [5.41, 5.74) is -0.122. The number of anilines is 1. The summed E-state index contributed by atoms with van der Waals surface area (Å²) in [6.07, 6.45) is 4.79. The van der Waals surface area contributed by atoms with Crippen LogP contribution >= 0.6 is 0 Å². The standard InChI is InChI=1S/C17H25NO3/c1-3-4-5-8-12-18-14-9-6-7-10-15(14)21-17(2,11-13-19)16(18)20/h6-7,9-10,19H,3-5,8,11-13H2,1-2H3. The Morgan fingerprint density at radius 1 is 1.24 bits per heavy atom. The van der Waals surface area contributed by atoms with Crippen molar-refractivity contribution in [2.24, 2.45) is 0 Å². The van der Waals surface area contributed by atoms with Crippen molar-refractivity contribution in [2.75, 3.05) is 18.1 Å². The normalized spacial score (nSPS) is 21.1. The topological polar surface area (TPSA) is 49.8 Å². The van der Waals surface area contributed by atoms with Gasteiger partial charge in [-0.15, -0.1) is 0 Å². The van der Waals surface area contributed by atoms with Crippen LogP contribution in [0.3, 0.4) is 0 Å². The van der Waals surface area contributed by atoms with Crippen molar-refractivity contribution in [3.05, 3.63) is 24.3 Å². The van der Waals surface area contributed by atoms with Crippen LogP contribution in [-0.2, 0) is 4.79 Å². The lowest BCUT2D eigenvalue weighted by Crippen LogP contribution is -2.55. The number of amides is 1. The van der Waals surface area contributed by atoms with Gasteiger partial charge in [0.1, 0.15) is 5.75 Å². The lowest BCUT2D eigenvalue weighted by molar-refractivity contribution is -0.135. The van der Waals surface area contributed by atoms with E-state index in [1.165, 1.54) is 12.8 Å². The van der Waals surface area contributed by atoms with Crippen molar-refractivity contribution in [3.63, 3.8) is 0 Å². The SMILES string of the molecule is CCCCCCN1C(=O)C(C)(CCO)Oc2ccccc21. The van der Waals surface area contributed by atoms with Gasteiger partial charge in [0.25, 0.3) is 5.91 Å². The average molecular weight is 291 g/mol. The molecule has 1 amide bonds. The number of nitrogens with zero attached hydrogens (tertiary/aromatic N) is 1. The third kappa shape index (κ3) is 3.38. The Balaban J connectivity index is 2.21. The van der Waals surface area contributed by atoms with E-state index < -0.39 is 5.60 Å². The molecule has 2 rings (SSSR count). The zero-order valence-electron chi connectivity index (χ0n) is 13.0. The predicted molar refractivity (Wildman–Crippen MR) is 83.7 cm³/mol. The Morgan fingerprint density at radius 2 is 2.00 bits per heavy atom. The zero-order valence-corrected chi connectivity index (χ0v) is 13.0. The largest absolute Gasteiger partial charge is 0.475 e. The molecule has 1 aromatic rings. The number of para-hydroxylation sites is 2. The Labute approximate surface area is 126 Å². The van der Waals surface area contributed by atoms with Crippen molar-refractivity contribution in [2.45, 2.75) is 51.6 Å². The molecule has 116 valence electrons. The molecule has 0 fully saturated rings. The number of carbonyl (C=O) groups excluding carboxylic acids is 1. The van der Waals surface area contributed by atoms with Gasteiger partial charge < -0.3 is 14.7 Å². The molecule has 4 nitrogen and oxygen atoms in total. The van der Waals surface area contributed by atoms with Gasteiger partial charge in [-0.05, 0) is 25.5 Å². The summed E-state index contributed by atoms with van der Waals surface area (Å²) in [5.74, 6) is 0.676. The number of aliphatic hydroxyl groups excluding tert-OH is 1. The molecule has 1 atom stereocenters. The number of ether oxygens (including phenoxy) is 1. The molecule has 1 N–H and O–H groups in total. The fourth-order valence-corrected chi connectivity index (χ4v) is 2.74. The number of hydrogen-bond donors (Lipinski definition) is 1. The summed E-state index contributed by atoms with van der Waals surface area (Å²) >= 11 is 0. The van der Waals surface area contributed by atoms with E-state index >= 15 is 0 Å². The van der Waals surface area contributed by atoms with Gasteiger partial charge in [-0.25, -0.2) is 0 Å². The van der Waals surface area contributed by atoms with Crippen LogP contribution in [0.2, 0.25) is 0 Å². The van der Waals surface area contributed by atoms with E-state index in [0.717, 1.165) is 24.3 Å². The Kier molecular flexibility index (Phi) is 5.23. The van der Waals surface area contributed by atoms with Gasteiger partial charge in [0.15, 0.2) is 5.60 Å². The van der Waals surface area contributed by atoms with Crippen LogP contribution in [0.15, 0.2) is 24.3 Å². The first-order valence-electron chi connectivity index (χ1n) is 7.83. The number of aliphatic hydroxyl groups is 1. The first-order valence-corrected chi connectivity index (χ1v) is 7.83. The van der Waals surface area contributed by atoms with Crippen molar-refractivity contribution < 1.29 is 14.6 Å². The van der Waals surface area contributed by atoms with E-state index in [0.29, 0.717) is 13.0 Å². The highest BCUT2D eigenvalue weighted by atomic mass is 16.5. The second-order valence-electron chi connectivity index (χ2n) is 5.79. The Bertz CT molecular complexity index is 489. The minimum atomic E-state index is -0.964. The third-order valence-electron chi connectivity index (χ3n) is 4.01. The summed E-state index contributed by atoms with van der Waals surface area (Å²) in [4.78, 5) is 14.6. The molecule has 1 aliphatic heterocycles. The molecule has 0 bridgehead atoms. The molecule has 4 heteroatoms. The van der Waals surface area contributed by atoms with Gasteiger partial charge in [0.05, 0.1) is 5.69 Å². The molecule has 0 saturated heterocycles. The van der Waals surface area contributed by atoms with E-state index in [9.17, 15) is 9.90 Å². The Morgan fingerprint density at radius 3 is 2.71 bits per heavy atom. The van der Waals surface area contributed by atoms with Crippen molar-refractivity contribution in [1.82, 2.24) is 0 Å². The molecule has 0 radical (unpaired) electrons. The fourth-order valence-electron chi connectivity index (χ4n) is 2.74. The van der Waals surface area contributed by atoms with E-state index in [1.54, 1.807) is 6.92 Å². The first kappa shape index (κ1) is 15.8. The second kappa shape index (κ2) is 6.94. The highest BCUT2D eigenvalue weighted by Gasteiger charge is 2.43. The van der Waals surface area contributed by atoms with Gasteiger partial charge in [0, 0.05) is 19.6 Å². The number of carbonyl (C=O) groups is 1. The fraction of sp³-hybridized carbons (Fsp3) is 0.588. The number of fused-ring (bicyclic) bond motifs is 1. The number of hydrogen-bond acceptors (Lipinski definition) is 3. The monoisotopic (exact) mass is 291 g/mol. The molecular formula is C17H25NO3. The van der Waals surface area contributed by atoms with Crippen molar-refractivity contribution >= 4 is 11.6 Å². The maximum atomic E-state index is 12.8. The first-order chi connectivity index (χ1) is 10.1. The second-order valence-corrected chi connectivity index (χ2v) is 5.79. The van der Waals surface area contributed by atoms with Gasteiger partial charge in [-0.2, -0.15) is 0 Å². The van der Waals surface area contributed by atoms with E-state index in [4.69, 9.17) is 4.74 Å². The minimum Gasteiger partial charge on any atom is -0.475 e. The summed E-state index contributed by atoms with van der Waals surface area (Å²) in [6, 6.07) is 7.63. The van der Waals surface area contributed by atoms with Crippen LogP contribution in [0.5, 0.6) is 5.75 Å². The molecule has 21 heavy (non-hydrogen) atoms. The highest BCUT2D eigenvalue weighted by molar-refractivity contribution is 6.02. The van der Waals surface area contributed by atoms with E-state index in [-0.39, 0.29) is 12.5 Å². The summed E-state index contributed by atoms with van der Waals surface area (Å²) in [5, 5.41) is 9.23. The summed E-state index contributed by atoms with van der Waals surface area (Å²) in [7, 11) is 0. The molecule has 0 spiro atoms. The smallest absolute Gasteiger partial charge is 0.271 e. The van der Waals surface area contributed by atoms with Crippen molar-refractivity contribution in [1.29, 1.82) is 0 Å². The molecule has 0 aliphatic carbocycles. The van der Waals surface area contributed by atoms with Gasteiger partial charge in [-0.1, -0.05) is 38.3 Å². The number of rotatable bonds is 7. The molecule has 0 aromatic heterocycles. The highest BCUT2D eigenvalue weighted by Crippen LogP contribution is 2.38. The molecular weight excluding hydrogens is 266 g/mol. The van der Waals surface area contributed by atoms with Crippen LogP contribution in [-0.4, -0.2) is 29.8 Å². The molecule has 1 heterocycles. The molecule has 1 unspecified atom stereocenters. The predicted octanol–water partition coefficient (Wildman–Crippen LogP) is 3.13. The van der Waals surface area contributed by atoms with Crippen LogP contribution in [0, 0.1) is 0 Å². The molecule has 1 aromatic carbocycles. The van der Waals surface area contributed by atoms with Crippen LogP contribution in [0.25, 0.3) is 0 Å². The van der Waals surface area contributed by atoms with Gasteiger partial charge in [0.2, 0.25) is 0 Å². The summed E-state index contributed by atoms with van der Waals surface area (Å²) < 4.78 is 5.88. The maximum Gasteiger partial charge on any atom is 0.271 e. The molecule has 0 saturated carbocycles. The zero-order chi connectivity index (χ0) is 15.3. The summed E-state index contributed by atoms with van der Waals surface area (Å²) in [6.45, 7) is 4.59. The number of unbranched alkanes of at least 4 members (excludes halogenated alkanes) is 3.